The molecule has 0 bridgehead atoms. The van der Waals surface area contributed by atoms with Crippen molar-refractivity contribution < 1.29 is 4.79 Å². The Morgan fingerprint density at radius 1 is 1.67 bits per heavy atom. The average molecular weight is 164 g/mol. The first-order valence-corrected chi connectivity index (χ1v) is 4.19. The highest BCUT2D eigenvalue weighted by Crippen LogP contribution is 2.34. The van der Waals surface area contributed by atoms with Crippen LogP contribution in [0.4, 0.5) is 0 Å². The van der Waals surface area contributed by atoms with Gasteiger partial charge in [-0.3, -0.25) is 0 Å². The normalized spacial score (nSPS) is 33.1. The molecule has 2 aliphatic rings. The summed E-state index contributed by atoms with van der Waals surface area (Å²) in [5.41, 5.74) is 1.11. The van der Waals surface area contributed by atoms with Gasteiger partial charge in [0.25, 0.3) is 0 Å². The first kappa shape index (κ1) is 7.55. The molecule has 1 fully saturated rings. The summed E-state index contributed by atoms with van der Waals surface area (Å²) in [5.74, 6) is 6.21. The number of hydrazine groups is 1. The lowest BCUT2D eigenvalue weighted by Gasteiger charge is -2.19. The molecule has 0 aromatic rings. The minimum Gasteiger partial charge on any atom is -0.305 e. The molecule has 12 heavy (non-hydrogen) atoms. The monoisotopic (exact) mass is 164 g/mol. The summed E-state index contributed by atoms with van der Waals surface area (Å²) in [6.07, 6.45) is 8.94. The molecule has 64 valence electrons. The molecule has 2 atom stereocenters. The molecule has 0 amide bonds. The van der Waals surface area contributed by atoms with Crippen molar-refractivity contribution in [2.75, 3.05) is 0 Å². The molecule has 3 heteroatoms. The van der Waals surface area contributed by atoms with Crippen molar-refractivity contribution in [3.63, 3.8) is 0 Å². The maximum absolute atomic E-state index is 10.6. The van der Waals surface area contributed by atoms with Crippen molar-refractivity contribution in [3.05, 3.63) is 23.9 Å². The van der Waals surface area contributed by atoms with Gasteiger partial charge in [-0.1, -0.05) is 12.2 Å². The lowest BCUT2D eigenvalue weighted by atomic mass is 9.96. The third-order valence-corrected chi connectivity index (χ3v) is 2.58. The minimum atomic E-state index is -0.110. The summed E-state index contributed by atoms with van der Waals surface area (Å²) in [5, 5.41) is 1.60. The largest absolute Gasteiger partial charge is 0.305 e. The molecule has 0 saturated carbocycles. The van der Waals surface area contributed by atoms with Crippen molar-refractivity contribution in [2.45, 2.75) is 18.9 Å². The Morgan fingerprint density at radius 3 is 3.17 bits per heavy atom. The number of fused-ring (bicyclic) bond motifs is 1. The number of carbonyl (C=O) groups excluding carboxylic acids is 1. The molecular weight excluding hydrogens is 152 g/mol. The SMILES string of the molecule is NN1C2=CC=CCC2CC1C=O. The van der Waals surface area contributed by atoms with Gasteiger partial charge in [0.1, 0.15) is 12.3 Å². The van der Waals surface area contributed by atoms with E-state index in [1.54, 1.807) is 5.01 Å². The van der Waals surface area contributed by atoms with Gasteiger partial charge in [-0.2, -0.15) is 0 Å². The van der Waals surface area contributed by atoms with Crippen molar-refractivity contribution >= 4 is 6.29 Å². The zero-order valence-corrected chi connectivity index (χ0v) is 6.81. The van der Waals surface area contributed by atoms with E-state index in [2.05, 4.69) is 6.08 Å². The fourth-order valence-corrected chi connectivity index (χ4v) is 1.90. The summed E-state index contributed by atoms with van der Waals surface area (Å²) in [6.45, 7) is 0. The van der Waals surface area contributed by atoms with E-state index in [4.69, 9.17) is 5.84 Å². The second-order valence-electron chi connectivity index (χ2n) is 3.30. The number of allylic oxidation sites excluding steroid dienone is 4. The standard InChI is InChI=1S/C9H12N2O/c10-11-8(6-12)5-7-3-1-2-4-9(7)11/h1-2,4,6-8H,3,5,10H2. The van der Waals surface area contributed by atoms with Crippen LogP contribution >= 0.6 is 0 Å². The van der Waals surface area contributed by atoms with Crippen LogP contribution in [0.3, 0.4) is 0 Å². The molecular formula is C9H12N2O. The van der Waals surface area contributed by atoms with Crippen LogP contribution in [-0.2, 0) is 4.79 Å². The molecule has 3 nitrogen and oxygen atoms in total. The third kappa shape index (κ3) is 0.975. The van der Waals surface area contributed by atoms with Crippen molar-refractivity contribution in [2.24, 2.45) is 11.8 Å². The Morgan fingerprint density at radius 2 is 2.50 bits per heavy atom. The smallest absolute Gasteiger partial charge is 0.144 e. The van der Waals surface area contributed by atoms with Crippen molar-refractivity contribution in [1.82, 2.24) is 5.01 Å². The van der Waals surface area contributed by atoms with E-state index in [9.17, 15) is 4.79 Å². The van der Waals surface area contributed by atoms with Crippen LogP contribution < -0.4 is 5.84 Å². The van der Waals surface area contributed by atoms with E-state index < -0.39 is 0 Å². The first-order chi connectivity index (χ1) is 5.83. The van der Waals surface area contributed by atoms with Crippen LogP contribution in [0.5, 0.6) is 0 Å². The summed E-state index contributed by atoms with van der Waals surface area (Å²) in [7, 11) is 0. The fraction of sp³-hybridized carbons (Fsp3) is 0.444. The fourth-order valence-electron chi connectivity index (χ4n) is 1.90. The second-order valence-corrected chi connectivity index (χ2v) is 3.30. The predicted octanol–water partition coefficient (Wildman–Crippen LogP) is 0.593. The van der Waals surface area contributed by atoms with Crippen LogP contribution in [0.25, 0.3) is 0 Å². The Labute approximate surface area is 71.5 Å². The summed E-state index contributed by atoms with van der Waals surface area (Å²) >= 11 is 0. The number of nitrogens with zero attached hydrogens (tertiary/aromatic N) is 1. The van der Waals surface area contributed by atoms with Crippen LogP contribution in [0.15, 0.2) is 23.9 Å². The maximum Gasteiger partial charge on any atom is 0.144 e. The van der Waals surface area contributed by atoms with Gasteiger partial charge < -0.3 is 9.80 Å². The van der Waals surface area contributed by atoms with Gasteiger partial charge in [0, 0.05) is 11.6 Å². The highest BCUT2D eigenvalue weighted by Gasteiger charge is 2.33. The summed E-state index contributed by atoms with van der Waals surface area (Å²) in [6, 6.07) is -0.110. The van der Waals surface area contributed by atoms with E-state index in [0.717, 1.165) is 24.8 Å². The van der Waals surface area contributed by atoms with E-state index in [1.807, 2.05) is 12.2 Å². The zero-order chi connectivity index (χ0) is 8.55. The molecule has 2 unspecified atom stereocenters. The van der Waals surface area contributed by atoms with Crippen molar-refractivity contribution in [3.8, 4) is 0 Å². The summed E-state index contributed by atoms with van der Waals surface area (Å²) in [4.78, 5) is 10.6. The molecule has 0 radical (unpaired) electrons. The Bertz CT molecular complexity index is 257. The number of nitrogens with two attached hydrogens (primary N) is 1. The molecule has 2 N–H and O–H groups in total. The molecule has 0 aromatic heterocycles. The van der Waals surface area contributed by atoms with E-state index >= 15 is 0 Å². The average Bonchev–Trinajstić information content (AvgIpc) is 2.44. The first-order valence-electron chi connectivity index (χ1n) is 4.19. The minimum absolute atomic E-state index is 0.110. The second kappa shape index (κ2) is 2.75. The lowest BCUT2D eigenvalue weighted by Crippen LogP contribution is -2.35. The number of hydrogen-bond donors (Lipinski definition) is 1. The Hall–Kier alpha value is -1.09. The van der Waals surface area contributed by atoms with Crippen molar-refractivity contribution in [1.29, 1.82) is 0 Å². The molecule has 1 aliphatic heterocycles. The zero-order valence-electron chi connectivity index (χ0n) is 6.81. The van der Waals surface area contributed by atoms with Gasteiger partial charge in [0.2, 0.25) is 0 Å². The number of carbonyl (C=O) groups is 1. The third-order valence-electron chi connectivity index (χ3n) is 2.58. The van der Waals surface area contributed by atoms with Crippen LogP contribution in [0, 0.1) is 5.92 Å². The van der Waals surface area contributed by atoms with Gasteiger partial charge in [-0.05, 0) is 18.9 Å². The predicted molar refractivity (Wildman–Crippen MR) is 45.8 cm³/mol. The maximum atomic E-state index is 10.6. The lowest BCUT2D eigenvalue weighted by molar-refractivity contribution is -0.111. The molecule has 0 spiro atoms. The van der Waals surface area contributed by atoms with Gasteiger partial charge in [-0.25, -0.2) is 5.84 Å². The molecule has 2 rings (SSSR count). The molecule has 0 aromatic carbocycles. The van der Waals surface area contributed by atoms with Crippen LogP contribution in [0.2, 0.25) is 0 Å². The quantitative estimate of drug-likeness (QED) is 0.456. The molecule has 1 saturated heterocycles. The number of hydrogen-bond acceptors (Lipinski definition) is 3. The van der Waals surface area contributed by atoms with E-state index in [1.165, 1.54) is 0 Å². The topological polar surface area (TPSA) is 46.3 Å². The Kier molecular flexibility index (Phi) is 1.73. The highest BCUT2D eigenvalue weighted by molar-refractivity contribution is 5.59. The summed E-state index contributed by atoms with van der Waals surface area (Å²) < 4.78 is 0. The van der Waals surface area contributed by atoms with E-state index in [-0.39, 0.29) is 6.04 Å². The number of rotatable bonds is 1. The molecule has 1 aliphatic carbocycles. The van der Waals surface area contributed by atoms with Gasteiger partial charge >= 0.3 is 0 Å². The van der Waals surface area contributed by atoms with Gasteiger partial charge in [-0.15, -0.1) is 0 Å². The molecule has 1 heterocycles. The van der Waals surface area contributed by atoms with Crippen LogP contribution in [0.1, 0.15) is 12.8 Å². The van der Waals surface area contributed by atoms with Gasteiger partial charge in [0.05, 0.1) is 0 Å². The van der Waals surface area contributed by atoms with E-state index in [0.29, 0.717) is 5.92 Å². The van der Waals surface area contributed by atoms with Crippen LogP contribution in [-0.4, -0.2) is 17.3 Å². The number of aldehydes is 1. The highest BCUT2D eigenvalue weighted by atomic mass is 16.1. The Balaban J connectivity index is 2.24. The van der Waals surface area contributed by atoms with Gasteiger partial charge in [0.15, 0.2) is 0 Å².